The molecule has 3 atom stereocenters. The van der Waals surface area contributed by atoms with Crippen LogP contribution in [-0.4, -0.2) is 58.6 Å². The van der Waals surface area contributed by atoms with Crippen LogP contribution in [0.1, 0.15) is 43.8 Å². The summed E-state index contributed by atoms with van der Waals surface area (Å²) >= 11 is 1.71. The minimum Gasteiger partial charge on any atom is -0.497 e. The predicted octanol–water partition coefficient (Wildman–Crippen LogP) is 5.79. The zero-order valence-corrected chi connectivity index (χ0v) is 22.0. The Morgan fingerprint density at radius 1 is 1.19 bits per heavy atom. The van der Waals surface area contributed by atoms with Gasteiger partial charge in [-0.15, -0.1) is 11.8 Å². The number of carbonyl (C=O) groups is 1. The minimum atomic E-state index is -0.764. The van der Waals surface area contributed by atoms with Crippen LogP contribution in [0.4, 0.5) is 4.39 Å². The third-order valence-electron chi connectivity index (χ3n) is 7.35. The van der Waals surface area contributed by atoms with E-state index in [1.165, 1.54) is 12.1 Å². The van der Waals surface area contributed by atoms with Gasteiger partial charge < -0.3 is 19.8 Å². The van der Waals surface area contributed by atoms with Crippen molar-refractivity contribution in [2.75, 3.05) is 32.5 Å². The molecule has 2 heterocycles. The molecule has 2 unspecified atom stereocenters. The molecule has 0 aliphatic carbocycles. The lowest BCUT2D eigenvalue weighted by Crippen LogP contribution is -2.41. The zero-order valence-electron chi connectivity index (χ0n) is 21.2. The molecule has 1 aromatic heterocycles. The van der Waals surface area contributed by atoms with Gasteiger partial charge in [-0.05, 0) is 98.2 Å². The van der Waals surface area contributed by atoms with E-state index >= 15 is 0 Å². The number of thioether (sulfide) groups is 1. The number of aliphatic carboxylic acids is 1. The first kappa shape index (κ1) is 27.4. The van der Waals surface area contributed by atoms with Crippen molar-refractivity contribution in [2.24, 2.45) is 11.8 Å². The monoisotopic (exact) mass is 526 g/mol. The fourth-order valence-corrected chi connectivity index (χ4v) is 6.20. The Morgan fingerprint density at radius 3 is 2.76 bits per heavy atom. The highest BCUT2D eigenvalue weighted by Gasteiger charge is 2.30. The van der Waals surface area contributed by atoms with E-state index in [0.717, 1.165) is 65.3 Å². The molecule has 2 aromatic carbocycles. The molecule has 1 aliphatic rings. The van der Waals surface area contributed by atoms with Gasteiger partial charge in [0.15, 0.2) is 0 Å². The van der Waals surface area contributed by atoms with Crippen LogP contribution in [0.2, 0.25) is 0 Å². The van der Waals surface area contributed by atoms with E-state index < -0.39 is 12.1 Å². The van der Waals surface area contributed by atoms with Gasteiger partial charge in [-0.2, -0.15) is 0 Å². The van der Waals surface area contributed by atoms with Crippen molar-refractivity contribution in [3.63, 3.8) is 0 Å². The molecule has 198 valence electrons. The second kappa shape index (κ2) is 13.2. The van der Waals surface area contributed by atoms with Crippen molar-refractivity contribution < 1.29 is 24.1 Å². The third-order valence-corrected chi connectivity index (χ3v) is 8.34. The normalized spacial score (nSPS) is 19.1. The first-order valence-electron chi connectivity index (χ1n) is 12.9. The summed E-state index contributed by atoms with van der Waals surface area (Å²) in [6, 6.07) is 14.1. The molecule has 0 saturated carbocycles. The number of carboxylic acid groups (broad SMARTS) is 1. The zero-order chi connectivity index (χ0) is 26.2. The fourth-order valence-electron chi connectivity index (χ4n) is 5.29. The number of ether oxygens (including phenoxy) is 1. The summed E-state index contributed by atoms with van der Waals surface area (Å²) in [4.78, 5) is 19.2. The van der Waals surface area contributed by atoms with Crippen molar-refractivity contribution >= 4 is 28.6 Å². The van der Waals surface area contributed by atoms with Gasteiger partial charge >= 0.3 is 5.97 Å². The second-order valence-electron chi connectivity index (χ2n) is 9.72. The number of hydrogen-bond acceptors (Lipinski definition) is 6. The highest BCUT2D eigenvalue weighted by atomic mass is 32.2. The molecule has 6 nitrogen and oxygen atoms in total. The van der Waals surface area contributed by atoms with Crippen molar-refractivity contribution in [2.45, 2.75) is 43.1 Å². The Hall–Kier alpha value is -2.68. The second-order valence-corrected chi connectivity index (χ2v) is 10.9. The molecule has 3 aromatic rings. The summed E-state index contributed by atoms with van der Waals surface area (Å²) in [7, 11) is 1.62. The SMILES string of the molecule is COc1ccc2nccc([C@@H](O)CCC3CCN(CCSc4ccc(F)cc4)CC3CCC(=O)O)c2c1. The minimum absolute atomic E-state index is 0.163. The summed E-state index contributed by atoms with van der Waals surface area (Å²) in [5, 5.41) is 21.3. The fraction of sp³-hybridized carbons (Fsp3) is 0.448. The molecule has 37 heavy (non-hydrogen) atoms. The molecule has 4 rings (SSSR count). The number of likely N-dealkylation sites (tertiary alicyclic amines) is 1. The number of piperidine rings is 1. The van der Waals surface area contributed by atoms with Crippen molar-refractivity contribution in [1.82, 2.24) is 9.88 Å². The number of halogens is 1. The van der Waals surface area contributed by atoms with E-state index in [-0.39, 0.29) is 18.2 Å². The Bertz CT molecular complexity index is 1180. The maximum absolute atomic E-state index is 13.1. The number of fused-ring (bicyclic) bond motifs is 1. The first-order chi connectivity index (χ1) is 17.9. The number of hydrogen-bond donors (Lipinski definition) is 2. The maximum atomic E-state index is 13.1. The summed E-state index contributed by atoms with van der Waals surface area (Å²) < 4.78 is 18.5. The quantitative estimate of drug-likeness (QED) is 0.289. The molecular weight excluding hydrogens is 491 g/mol. The molecule has 0 spiro atoms. The molecule has 0 bridgehead atoms. The molecule has 0 radical (unpaired) electrons. The number of aliphatic hydroxyl groups is 1. The largest absolute Gasteiger partial charge is 0.497 e. The van der Waals surface area contributed by atoms with Crippen LogP contribution >= 0.6 is 11.8 Å². The average molecular weight is 527 g/mol. The highest BCUT2D eigenvalue weighted by molar-refractivity contribution is 7.99. The van der Waals surface area contributed by atoms with Crippen LogP contribution in [0, 0.1) is 17.7 Å². The standard InChI is InChI=1S/C29H35FN2O4S/c1-36-23-6-9-27-26(18-23)25(12-14-31-27)28(33)10-2-20-13-15-32(19-21(20)3-11-29(34)35)16-17-37-24-7-4-22(30)5-8-24/h4-9,12,14,18,20-21,28,33H,2-3,10-11,13,15-17,19H2,1H3,(H,34,35)/t20?,21?,28-/m0/s1. The van der Waals surface area contributed by atoms with Crippen molar-refractivity contribution in [3.05, 3.63) is 66.1 Å². The van der Waals surface area contributed by atoms with Crippen LogP contribution < -0.4 is 4.74 Å². The van der Waals surface area contributed by atoms with Gasteiger partial charge in [0.2, 0.25) is 0 Å². The van der Waals surface area contributed by atoms with Crippen molar-refractivity contribution in [1.29, 1.82) is 0 Å². The molecule has 1 aliphatic heterocycles. The predicted molar refractivity (Wildman–Crippen MR) is 145 cm³/mol. The molecular formula is C29H35FN2O4S. The molecule has 8 heteroatoms. The average Bonchev–Trinajstić information content (AvgIpc) is 2.91. The van der Waals surface area contributed by atoms with E-state index in [1.807, 2.05) is 24.3 Å². The molecule has 2 N–H and O–H groups in total. The van der Waals surface area contributed by atoms with E-state index in [2.05, 4.69) is 9.88 Å². The van der Waals surface area contributed by atoms with Crippen LogP contribution in [0.25, 0.3) is 10.9 Å². The van der Waals surface area contributed by atoms with Gasteiger partial charge in [0, 0.05) is 41.7 Å². The smallest absolute Gasteiger partial charge is 0.303 e. The molecule has 0 amide bonds. The lowest BCUT2D eigenvalue weighted by Gasteiger charge is -2.39. The molecule has 1 fully saturated rings. The van der Waals surface area contributed by atoms with Gasteiger partial charge in [0.25, 0.3) is 0 Å². The summed E-state index contributed by atoms with van der Waals surface area (Å²) in [5.74, 6) is 1.29. The van der Waals surface area contributed by atoms with Crippen LogP contribution in [-0.2, 0) is 4.79 Å². The number of pyridine rings is 1. The lowest BCUT2D eigenvalue weighted by atomic mass is 9.79. The van der Waals surface area contributed by atoms with E-state index in [0.29, 0.717) is 18.8 Å². The van der Waals surface area contributed by atoms with Gasteiger partial charge in [0.1, 0.15) is 11.6 Å². The van der Waals surface area contributed by atoms with Gasteiger partial charge in [-0.3, -0.25) is 9.78 Å². The maximum Gasteiger partial charge on any atom is 0.303 e. The number of aliphatic hydroxyl groups excluding tert-OH is 1. The lowest BCUT2D eigenvalue weighted by molar-refractivity contribution is -0.137. The van der Waals surface area contributed by atoms with Gasteiger partial charge in [0.05, 0.1) is 18.7 Å². The highest BCUT2D eigenvalue weighted by Crippen LogP contribution is 2.35. The number of carboxylic acids is 1. The topological polar surface area (TPSA) is 82.9 Å². The van der Waals surface area contributed by atoms with E-state index in [1.54, 1.807) is 37.2 Å². The Labute approximate surface area is 221 Å². The summed E-state index contributed by atoms with van der Waals surface area (Å²) in [6.45, 7) is 2.74. The number of rotatable bonds is 12. The molecule has 1 saturated heterocycles. The number of nitrogens with zero attached hydrogens (tertiary/aromatic N) is 2. The van der Waals surface area contributed by atoms with Crippen LogP contribution in [0.15, 0.2) is 59.6 Å². The van der Waals surface area contributed by atoms with Gasteiger partial charge in [-0.25, -0.2) is 4.39 Å². The van der Waals surface area contributed by atoms with Crippen LogP contribution in [0.3, 0.4) is 0 Å². The van der Waals surface area contributed by atoms with Crippen LogP contribution in [0.5, 0.6) is 5.75 Å². The third kappa shape index (κ3) is 7.66. The summed E-state index contributed by atoms with van der Waals surface area (Å²) in [5.41, 5.74) is 1.67. The number of aromatic nitrogens is 1. The first-order valence-corrected chi connectivity index (χ1v) is 13.8. The Balaban J connectivity index is 1.34. The van der Waals surface area contributed by atoms with E-state index in [9.17, 15) is 19.4 Å². The Morgan fingerprint density at radius 2 is 2.00 bits per heavy atom. The number of methoxy groups -OCH3 is 1. The Kier molecular flexibility index (Phi) is 9.77. The van der Waals surface area contributed by atoms with Gasteiger partial charge in [-0.1, -0.05) is 0 Å². The van der Waals surface area contributed by atoms with Crippen molar-refractivity contribution in [3.8, 4) is 5.75 Å². The van der Waals surface area contributed by atoms with E-state index in [4.69, 9.17) is 4.74 Å². The summed E-state index contributed by atoms with van der Waals surface area (Å²) in [6.07, 6.45) is 4.36. The number of benzene rings is 2.